The molecule has 6 nitrogen and oxygen atoms in total. The summed E-state index contributed by atoms with van der Waals surface area (Å²) in [5.41, 5.74) is 1.00. The fourth-order valence-corrected chi connectivity index (χ4v) is 4.56. The van der Waals surface area contributed by atoms with E-state index in [9.17, 15) is 9.18 Å². The molecule has 9 heteroatoms. The molecule has 26 heavy (non-hydrogen) atoms. The number of carbonyl (C=O) groups is 1. The molecule has 1 aliphatic rings. The number of rotatable bonds is 7. The van der Waals surface area contributed by atoms with Gasteiger partial charge in [-0.05, 0) is 31.2 Å². The highest BCUT2D eigenvalue weighted by atomic mass is 32.2. The molecule has 1 saturated heterocycles. The molecule has 0 atom stereocenters. The normalized spacial score (nSPS) is 14.5. The van der Waals surface area contributed by atoms with Crippen LogP contribution in [-0.4, -0.2) is 59.5 Å². The molecule has 1 aromatic heterocycles. The number of amides is 1. The first-order valence-corrected chi connectivity index (χ1v) is 10.4. The summed E-state index contributed by atoms with van der Waals surface area (Å²) in [6.07, 6.45) is 0.497. The lowest BCUT2D eigenvalue weighted by atomic mass is 10.2. The molecular formula is C17H22FN5OS2. The van der Waals surface area contributed by atoms with Crippen LogP contribution in [0.3, 0.4) is 0 Å². The molecule has 0 saturated carbocycles. The van der Waals surface area contributed by atoms with Crippen molar-refractivity contribution in [3.05, 3.63) is 30.1 Å². The molecule has 1 aromatic carbocycles. The van der Waals surface area contributed by atoms with E-state index in [4.69, 9.17) is 0 Å². The van der Waals surface area contributed by atoms with Crippen LogP contribution in [0.5, 0.6) is 0 Å². The lowest BCUT2D eigenvalue weighted by molar-refractivity contribution is -0.131. The van der Waals surface area contributed by atoms with Crippen LogP contribution in [0, 0.1) is 5.82 Å². The monoisotopic (exact) mass is 395 g/mol. The SMILES string of the molecule is CCNc1nnc(SCCC(=O)N2CCN(c3ccc(F)cc3)CC2)s1. The van der Waals surface area contributed by atoms with Crippen LogP contribution >= 0.6 is 23.1 Å². The molecule has 0 bridgehead atoms. The van der Waals surface area contributed by atoms with E-state index in [-0.39, 0.29) is 11.7 Å². The Balaban J connectivity index is 1.39. The van der Waals surface area contributed by atoms with Crippen LogP contribution in [0.1, 0.15) is 13.3 Å². The number of hydrogen-bond donors (Lipinski definition) is 1. The highest BCUT2D eigenvalue weighted by Crippen LogP contribution is 2.26. The molecular weight excluding hydrogens is 373 g/mol. The van der Waals surface area contributed by atoms with Gasteiger partial charge >= 0.3 is 0 Å². The lowest BCUT2D eigenvalue weighted by Crippen LogP contribution is -2.48. The topological polar surface area (TPSA) is 61.4 Å². The molecule has 1 amide bonds. The third-order valence-electron chi connectivity index (χ3n) is 4.10. The van der Waals surface area contributed by atoms with Gasteiger partial charge < -0.3 is 15.1 Å². The zero-order chi connectivity index (χ0) is 18.4. The van der Waals surface area contributed by atoms with Crippen molar-refractivity contribution in [1.29, 1.82) is 0 Å². The molecule has 1 aliphatic heterocycles. The summed E-state index contributed by atoms with van der Waals surface area (Å²) in [6, 6.07) is 6.51. The average molecular weight is 396 g/mol. The Morgan fingerprint density at radius 1 is 1.23 bits per heavy atom. The van der Waals surface area contributed by atoms with E-state index in [0.29, 0.717) is 25.3 Å². The quantitative estimate of drug-likeness (QED) is 0.728. The number of nitrogens with zero attached hydrogens (tertiary/aromatic N) is 4. The molecule has 0 spiro atoms. The van der Waals surface area contributed by atoms with E-state index in [1.54, 1.807) is 23.9 Å². The third-order valence-corrected chi connectivity index (χ3v) is 6.12. The van der Waals surface area contributed by atoms with Gasteiger partial charge in [0.1, 0.15) is 5.82 Å². The molecule has 0 unspecified atom stereocenters. The van der Waals surface area contributed by atoms with Crippen molar-refractivity contribution in [2.45, 2.75) is 17.7 Å². The van der Waals surface area contributed by atoms with E-state index in [1.165, 1.54) is 23.5 Å². The first-order chi connectivity index (χ1) is 12.7. The van der Waals surface area contributed by atoms with Crippen molar-refractivity contribution < 1.29 is 9.18 Å². The number of piperazine rings is 1. The lowest BCUT2D eigenvalue weighted by Gasteiger charge is -2.36. The number of benzene rings is 1. The maximum atomic E-state index is 13.0. The van der Waals surface area contributed by atoms with Crippen LogP contribution in [0.25, 0.3) is 0 Å². The minimum absolute atomic E-state index is 0.174. The van der Waals surface area contributed by atoms with Gasteiger partial charge in [0.2, 0.25) is 11.0 Å². The van der Waals surface area contributed by atoms with Crippen LogP contribution in [0.15, 0.2) is 28.6 Å². The second-order valence-corrected chi connectivity index (χ2v) is 8.17. The number of halogens is 1. The van der Waals surface area contributed by atoms with E-state index < -0.39 is 0 Å². The van der Waals surface area contributed by atoms with Crippen LogP contribution in [0.2, 0.25) is 0 Å². The summed E-state index contributed by atoms with van der Waals surface area (Å²) < 4.78 is 13.9. The molecule has 0 radical (unpaired) electrons. The summed E-state index contributed by atoms with van der Waals surface area (Å²) in [5.74, 6) is 0.651. The largest absolute Gasteiger partial charge is 0.368 e. The highest BCUT2D eigenvalue weighted by Gasteiger charge is 2.21. The van der Waals surface area contributed by atoms with Gasteiger partial charge in [-0.2, -0.15) is 0 Å². The standard InChI is InChI=1S/C17H22FN5OS2/c1-2-19-16-20-21-17(26-16)25-12-7-15(24)23-10-8-22(9-11-23)14-5-3-13(18)4-6-14/h3-6H,2,7-12H2,1H3,(H,19,20). The number of aromatic nitrogens is 2. The van der Waals surface area contributed by atoms with E-state index >= 15 is 0 Å². The predicted molar refractivity (Wildman–Crippen MR) is 105 cm³/mol. The maximum absolute atomic E-state index is 13.0. The Labute approximate surface area is 160 Å². The minimum Gasteiger partial charge on any atom is -0.368 e. The van der Waals surface area contributed by atoms with Gasteiger partial charge in [0.15, 0.2) is 4.34 Å². The summed E-state index contributed by atoms with van der Waals surface area (Å²) in [6.45, 7) is 5.78. The van der Waals surface area contributed by atoms with E-state index in [2.05, 4.69) is 20.4 Å². The van der Waals surface area contributed by atoms with Gasteiger partial charge in [0, 0.05) is 50.6 Å². The average Bonchev–Trinajstić information content (AvgIpc) is 3.10. The van der Waals surface area contributed by atoms with Gasteiger partial charge in [0.25, 0.3) is 0 Å². The van der Waals surface area contributed by atoms with Crippen molar-refractivity contribution in [2.24, 2.45) is 0 Å². The third kappa shape index (κ3) is 5.07. The van der Waals surface area contributed by atoms with Crippen molar-refractivity contribution in [3.8, 4) is 0 Å². The van der Waals surface area contributed by atoms with Gasteiger partial charge in [-0.25, -0.2) is 4.39 Å². The van der Waals surface area contributed by atoms with Gasteiger partial charge in [-0.3, -0.25) is 4.79 Å². The fraction of sp³-hybridized carbons (Fsp3) is 0.471. The maximum Gasteiger partial charge on any atom is 0.223 e. The predicted octanol–water partition coefficient (Wildman–Crippen LogP) is 2.94. The van der Waals surface area contributed by atoms with Crippen molar-refractivity contribution in [3.63, 3.8) is 0 Å². The number of anilines is 2. The molecule has 3 rings (SSSR count). The van der Waals surface area contributed by atoms with Crippen molar-refractivity contribution in [2.75, 3.05) is 48.7 Å². The fourth-order valence-electron chi connectivity index (χ4n) is 2.74. The smallest absolute Gasteiger partial charge is 0.223 e. The molecule has 2 aromatic rings. The first-order valence-electron chi connectivity index (χ1n) is 8.64. The molecule has 2 heterocycles. The van der Waals surface area contributed by atoms with Crippen LogP contribution in [0.4, 0.5) is 15.2 Å². The zero-order valence-corrected chi connectivity index (χ0v) is 16.3. The summed E-state index contributed by atoms with van der Waals surface area (Å²) >= 11 is 3.08. The summed E-state index contributed by atoms with van der Waals surface area (Å²) in [4.78, 5) is 16.5. The van der Waals surface area contributed by atoms with Gasteiger partial charge in [-0.1, -0.05) is 23.1 Å². The molecule has 140 valence electrons. The second-order valence-electron chi connectivity index (χ2n) is 5.85. The van der Waals surface area contributed by atoms with Gasteiger partial charge in [0.05, 0.1) is 0 Å². The Hall–Kier alpha value is -1.87. The van der Waals surface area contributed by atoms with Crippen LogP contribution < -0.4 is 10.2 Å². The number of carbonyl (C=O) groups excluding carboxylic acids is 1. The minimum atomic E-state index is -0.229. The highest BCUT2D eigenvalue weighted by molar-refractivity contribution is 8.01. The number of hydrogen-bond acceptors (Lipinski definition) is 7. The molecule has 1 N–H and O–H groups in total. The van der Waals surface area contributed by atoms with Crippen molar-refractivity contribution >= 4 is 39.8 Å². The molecule has 1 fully saturated rings. The molecule has 0 aliphatic carbocycles. The Kier molecular flexibility index (Phi) is 6.67. The summed E-state index contributed by atoms with van der Waals surface area (Å²) in [7, 11) is 0. The number of thioether (sulfide) groups is 1. The Bertz CT molecular complexity index is 716. The van der Waals surface area contributed by atoms with Crippen molar-refractivity contribution in [1.82, 2.24) is 15.1 Å². The van der Waals surface area contributed by atoms with Crippen LogP contribution in [-0.2, 0) is 4.79 Å². The zero-order valence-electron chi connectivity index (χ0n) is 14.7. The Morgan fingerprint density at radius 2 is 1.96 bits per heavy atom. The number of nitrogens with one attached hydrogen (secondary N) is 1. The Morgan fingerprint density at radius 3 is 2.65 bits per heavy atom. The van der Waals surface area contributed by atoms with Gasteiger partial charge in [-0.15, -0.1) is 10.2 Å². The van der Waals surface area contributed by atoms with E-state index in [1.807, 2.05) is 11.8 Å². The first kappa shape index (κ1) is 18.9. The summed E-state index contributed by atoms with van der Waals surface area (Å²) in [5, 5.41) is 12.1. The second kappa shape index (κ2) is 9.18. The van der Waals surface area contributed by atoms with E-state index in [0.717, 1.165) is 34.8 Å².